The van der Waals surface area contributed by atoms with Crippen molar-refractivity contribution in [3.05, 3.63) is 70.2 Å². The number of aliphatic hydroxyl groups is 1. The summed E-state index contributed by atoms with van der Waals surface area (Å²) in [5.41, 5.74) is 2.01. The van der Waals surface area contributed by atoms with Gasteiger partial charge in [0.25, 0.3) is 0 Å². The summed E-state index contributed by atoms with van der Waals surface area (Å²) in [5, 5.41) is 12.7. The van der Waals surface area contributed by atoms with Crippen molar-refractivity contribution >= 4 is 21.8 Å². The van der Waals surface area contributed by atoms with E-state index < -0.39 is 6.10 Å². The van der Waals surface area contributed by atoms with Crippen LogP contribution >= 0.6 is 15.9 Å². The first kappa shape index (κ1) is 15.7. The molecule has 0 radical (unpaired) electrons. The van der Waals surface area contributed by atoms with Gasteiger partial charge in [0.15, 0.2) is 0 Å². The molecule has 0 aliphatic rings. The van der Waals surface area contributed by atoms with Gasteiger partial charge in [0.2, 0.25) is 5.91 Å². The number of carbonyl (C=O) groups is 1. The molecule has 0 aromatic heterocycles. The summed E-state index contributed by atoms with van der Waals surface area (Å²) in [6.07, 6.45) is 0.298. The molecule has 21 heavy (non-hydrogen) atoms. The molecular weight excluding hydrogens is 330 g/mol. The number of amides is 1. The van der Waals surface area contributed by atoms with Gasteiger partial charge < -0.3 is 10.4 Å². The summed E-state index contributed by atoms with van der Waals surface area (Å²) in [7, 11) is 0. The van der Waals surface area contributed by atoms with Gasteiger partial charge in [0.05, 0.1) is 12.5 Å². The van der Waals surface area contributed by atoms with Crippen molar-refractivity contribution in [1.29, 1.82) is 0 Å². The molecule has 0 aliphatic carbocycles. The highest BCUT2D eigenvalue weighted by molar-refractivity contribution is 9.10. The van der Waals surface area contributed by atoms with Crippen LogP contribution in [0.2, 0.25) is 0 Å². The van der Waals surface area contributed by atoms with Crippen LogP contribution in [0.1, 0.15) is 11.1 Å². The summed E-state index contributed by atoms with van der Waals surface area (Å²) in [4.78, 5) is 11.8. The van der Waals surface area contributed by atoms with Crippen LogP contribution in [-0.4, -0.2) is 23.7 Å². The second-order valence-electron chi connectivity index (χ2n) is 4.95. The summed E-state index contributed by atoms with van der Waals surface area (Å²) in [5.74, 6) is -0.0792. The highest BCUT2D eigenvalue weighted by Gasteiger charge is 2.08. The van der Waals surface area contributed by atoms with Crippen LogP contribution in [-0.2, 0) is 17.6 Å². The normalized spacial score (nSPS) is 11.9. The Labute approximate surface area is 133 Å². The summed E-state index contributed by atoms with van der Waals surface area (Å²) >= 11 is 3.36. The van der Waals surface area contributed by atoms with Crippen molar-refractivity contribution in [3.63, 3.8) is 0 Å². The molecule has 2 N–H and O–H groups in total. The van der Waals surface area contributed by atoms with Crippen LogP contribution in [0.25, 0.3) is 0 Å². The summed E-state index contributed by atoms with van der Waals surface area (Å²) in [6, 6.07) is 17.4. The average Bonchev–Trinajstić information content (AvgIpc) is 2.49. The molecule has 110 valence electrons. The third-order valence-electron chi connectivity index (χ3n) is 3.13. The molecule has 0 bridgehead atoms. The number of nitrogens with one attached hydrogen (secondary N) is 1. The van der Waals surface area contributed by atoms with E-state index in [1.165, 1.54) is 0 Å². The third-order valence-corrected chi connectivity index (χ3v) is 3.66. The van der Waals surface area contributed by atoms with E-state index in [4.69, 9.17) is 0 Å². The Hall–Kier alpha value is -1.65. The van der Waals surface area contributed by atoms with Crippen LogP contribution < -0.4 is 5.32 Å². The number of aliphatic hydroxyl groups excluding tert-OH is 1. The fourth-order valence-corrected chi connectivity index (χ4v) is 2.30. The van der Waals surface area contributed by atoms with Gasteiger partial charge in [-0.3, -0.25) is 4.79 Å². The van der Waals surface area contributed by atoms with Gasteiger partial charge in [-0.25, -0.2) is 0 Å². The molecule has 0 saturated heterocycles. The second-order valence-corrected chi connectivity index (χ2v) is 5.87. The molecule has 2 rings (SSSR count). The maximum atomic E-state index is 11.8. The molecular formula is C17H18BrNO2. The van der Waals surface area contributed by atoms with E-state index >= 15 is 0 Å². The number of hydrogen-bond acceptors (Lipinski definition) is 2. The molecule has 0 heterocycles. The van der Waals surface area contributed by atoms with Crippen LogP contribution in [0, 0.1) is 0 Å². The first-order valence-electron chi connectivity index (χ1n) is 6.86. The molecule has 1 unspecified atom stereocenters. The highest BCUT2D eigenvalue weighted by Crippen LogP contribution is 2.10. The second kappa shape index (κ2) is 7.96. The lowest BCUT2D eigenvalue weighted by Gasteiger charge is -2.12. The molecule has 3 nitrogen and oxygen atoms in total. The van der Waals surface area contributed by atoms with Gasteiger partial charge in [0.1, 0.15) is 0 Å². The van der Waals surface area contributed by atoms with Crippen LogP contribution in [0.3, 0.4) is 0 Å². The fraction of sp³-hybridized carbons (Fsp3) is 0.235. The van der Waals surface area contributed by atoms with Gasteiger partial charge in [-0.1, -0.05) is 58.4 Å². The zero-order valence-electron chi connectivity index (χ0n) is 11.6. The maximum Gasteiger partial charge on any atom is 0.224 e. The van der Waals surface area contributed by atoms with Gasteiger partial charge in [-0.05, 0) is 23.3 Å². The fourth-order valence-electron chi connectivity index (χ4n) is 2.04. The minimum absolute atomic E-state index is 0.0792. The Bertz CT molecular complexity index is 569. The quantitative estimate of drug-likeness (QED) is 0.843. The summed E-state index contributed by atoms with van der Waals surface area (Å²) < 4.78 is 0.991. The Kier molecular flexibility index (Phi) is 5.96. The number of hydrogen-bond donors (Lipinski definition) is 2. The molecule has 2 aromatic rings. The average molecular weight is 348 g/mol. The van der Waals surface area contributed by atoms with E-state index in [2.05, 4.69) is 21.2 Å². The van der Waals surface area contributed by atoms with E-state index in [-0.39, 0.29) is 12.5 Å². The van der Waals surface area contributed by atoms with Crippen LogP contribution in [0.15, 0.2) is 59.1 Å². The lowest BCUT2D eigenvalue weighted by Crippen LogP contribution is -2.34. The molecule has 0 aliphatic heterocycles. The Morgan fingerprint density at radius 1 is 1.05 bits per heavy atom. The maximum absolute atomic E-state index is 11.8. The first-order valence-corrected chi connectivity index (χ1v) is 7.66. The molecule has 2 aromatic carbocycles. The zero-order valence-corrected chi connectivity index (χ0v) is 13.2. The molecule has 4 heteroatoms. The van der Waals surface area contributed by atoms with Gasteiger partial charge in [0, 0.05) is 17.4 Å². The number of rotatable bonds is 6. The molecule has 0 saturated carbocycles. The predicted octanol–water partition coefficient (Wildman–Crippen LogP) is 2.71. The number of halogens is 1. The Balaban J connectivity index is 1.74. The minimum Gasteiger partial charge on any atom is -0.391 e. The van der Waals surface area contributed by atoms with Gasteiger partial charge >= 0.3 is 0 Å². The standard InChI is InChI=1S/C17H18BrNO2/c18-15-8-6-14(7-9-15)11-17(21)19-12-16(20)10-13-4-2-1-3-5-13/h1-9,16,20H,10-12H2,(H,19,21). The van der Waals surface area contributed by atoms with E-state index in [1.54, 1.807) is 0 Å². The van der Waals surface area contributed by atoms with Crippen LogP contribution in [0.4, 0.5) is 0 Å². The topological polar surface area (TPSA) is 49.3 Å². The molecule has 0 spiro atoms. The summed E-state index contributed by atoms with van der Waals surface area (Å²) in [6.45, 7) is 0.268. The van der Waals surface area contributed by atoms with Crippen LogP contribution in [0.5, 0.6) is 0 Å². The zero-order chi connectivity index (χ0) is 15.1. The van der Waals surface area contributed by atoms with E-state index in [0.717, 1.165) is 15.6 Å². The Morgan fingerprint density at radius 2 is 1.71 bits per heavy atom. The lowest BCUT2D eigenvalue weighted by atomic mass is 10.1. The molecule has 1 amide bonds. The molecule has 0 fully saturated rings. The Morgan fingerprint density at radius 3 is 2.38 bits per heavy atom. The van der Waals surface area contributed by atoms with Crippen molar-refractivity contribution < 1.29 is 9.90 Å². The highest BCUT2D eigenvalue weighted by atomic mass is 79.9. The first-order chi connectivity index (χ1) is 10.1. The van der Waals surface area contributed by atoms with Crippen molar-refractivity contribution in [3.8, 4) is 0 Å². The largest absolute Gasteiger partial charge is 0.391 e. The monoisotopic (exact) mass is 347 g/mol. The van der Waals surface area contributed by atoms with E-state index in [9.17, 15) is 9.90 Å². The molecule has 1 atom stereocenters. The van der Waals surface area contributed by atoms with E-state index in [1.807, 2.05) is 54.6 Å². The third kappa shape index (κ3) is 5.69. The lowest BCUT2D eigenvalue weighted by molar-refractivity contribution is -0.120. The smallest absolute Gasteiger partial charge is 0.224 e. The SMILES string of the molecule is O=C(Cc1ccc(Br)cc1)NCC(O)Cc1ccccc1. The predicted molar refractivity (Wildman–Crippen MR) is 87.0 cm³/mol. The van der Waals surface area contributed by atoms with Crippen molar-refractivity contribution in [2.75, 3.05) is 6.54 Å². The van der Waals surface area contributed by atoms with Gasteiger partial charge in [-0.15, -0.1) is 0 Å². The van der Waals surface area contributed by atoms with E-state index in [0.29, 0.717) is 12.8 Å². The van der Waals surface area contributed by atoms with Crippen molar-refractivity contribution in [2.45, 2.75) is 18.9 Å². The minimum atomic E-state index is -0.568. The number of benzene rings is 2. The number of carbonyl (C=O) groups excluding carboxylic acids is 1. The van der Waals surface area contributed by atoms with Gasteiger partial charge in [-0.2, -0.15) is 0 Å². The van der Waals surface area contributed by atoms with Crippen molar-refractivity contribution in [1.82, 2.24) is 5.32 Å². The van der Waals surface area contributed by atoms with Crippen molar-refractivity contribution in [2.24, 2.45) is 0 Å².